The van der Waals surface area contributed by atoms with Gasteiger partial charge in [0.25, 0.3) is 11.6 Å². The fourth-order valence-electron chi connectivity index (χ4n) is 2.08. The molecule has 2 N–H and O–H groups in total. The van der Waals surface area contributed by atoms with Gasteiger partial charge < -0.3 is 10.4 Å². The predicted molar refractivity (Wildman–Crippen MR) is 69.2 cm³/mol. The molecule has 0 bridgehead atoms. The second kappa shape index (κ2) is 5.54. The van der Waals surface area contributed by atoms with Gasteiger partial charge in [0.1, 0.15) is 5.56 Å². The molecule has 1 aromatic rings. The molecule has 19 heavy (non-hydrogen) atoms. The number of aliphatic hydroxyl groups is 1. The maximum atomic E-state index is 12.0. The Morgan fingerprint density at radius 1 is 1.53 bits per heavy atom. The summed E-state index contributed by atoms with van der Waals surface area (Å²) in [4.78, 5) is 22.2. The summed E-state index contributed by atoms with van der Waals surface area (Å²) in [6.07, 6.45) is 0.993. The molecule has 1 aliphatic carbocycles. The number of amides is 1. The molecule has 0 radical (unpaired) electrons. The standard InChI is InChI=1S/C12H13ClN2O4/c13-9-2-1-3-10(15(18)19)11(9)12(17)14-6-7-4-8(16)5-7/h1-3,7-8,16H,4-6H2,(H,14,17). The number of halogens is 1. The minimum Gasteiger partial charge on any atom is -0.393 e. The van der Waals surface area contributed by atoms with Gasteiger partial charge in [0.15, 0.2) is 0 Å². The summed E-state index contributed by atoms with van der Waals surface area (Å²) in [5.41, 5.74) is -0.423. The third kappa shape index (κ3) is 3.02. The van der Waals surface area contributed by atoms with Crippen LogP contribution in [0.15, 0.2) is 18.2 Å². The highest BCUT2D eigenvalue weighted by Crippen LogP contribution is 2.28. The van der Waals surface area contributed by atoms with Crippen LogP contribution < -0.4 is 5.32 Å². The SMILES string of the molecule is O=C(NCC1CC(O)C1)c1c(Cl)cccc1[N+](=O)[O-]. The summed E-state index contributed by atoms with van der Waals surface area (Å²) in [5.74, 6) is -0.334. The number of rotatable bonds is 4. The average Bonchev–Trinajstić information content (AvgIpc) is 2.32. The first-order chi connectivity index (χ1) is 8.99. The molecule has 1 saturated carbocycles. The highest BCUT2D eigenvalue weighted by atomic mass is 35.5. The molecule has 1 aliphatic rings. The van der Waals surface area contributed by atoms with Crippen molar-refractivity contribution in [1.82, 2.24) is 5.32 Å². The molecule has 7 heteroatoms. The van der Waals surface area contributed by atoms with Gasteiger partial charge in [-0.05, 0) is 24.8 Å². The summed E-state index contributed by atoms with van der Waals surface area (Å²) < 4.78 is 0. The van der Waals surface area contributed by atoms with Gasteiger partial charge in [0.05, 0.1) is 16.0 Å². The third-order valence-corrected chi connectivity index (χ3v) is 3.49. The minimum atomic E-state index is -0.631. The highest BCUT2D eigenvalue weighted by molar-refractivity contribution is 6.34. The second-order valence-electron chi connectivity index (χ2n) is 4.59. The Balaban J connectivity index is 2.08. The van der Waals surface area contributed by atoms with Crippen molar-refractivity contribution in [3.05, 3.63) is 38.9 Å². The smallest absolute Gasteiger partial charge is 0.283 e. The Bertz CT molecular complexity index is 514. The zero-order valence-corrected chi connectivity index (χ0v) is 10.8. The zero-order valence-electron chi connectivity index (χ0n) is 10.0. The molecule has 0 saturated heterocycles. The number of carbonyl (C=O) groups is 1. The first-order valence-corrected chi connectivity index (χ1v) is 6.26. The van der Waals surface area contributed by atoms with Gasteiger partial charge in [-0.15, -0.1) is 0 Å². The van der Waals surface area contributed by atoms with Crippen molar-refractivity contribution in [3.8, 4) is 0 Å². The monoisotopic (exact) mass is 284 g/mol. The summed E-state index contributed by atoms with van der Waals surface area (Å²) in [6.45, 7) is 0.387. The van der Waals surface area contributed by atoms with Crippen molar-refractivity contribution in [2.24, 2.45) is 5.92 Å². The quantitative estimate of drug-likeness (QED) is 0.651. The van der Waals surface area contributed by atoms with E-state index in [-0.39, 0.29) is 28.3 Å². The lowest BCUT2D eigenvalue weighted by atomic mass is 9.82. The van der Waals surface area contributed by atoms with Gasteiger partial charge in [0, 0.05) is 12.6 Å². The summed E-state index contributed by atoms with van der Waals surface area (Å²) in [6, 6.07) is 4.12. The Morgan fingerprint density at radius 3 is 2.79 bits per heavy atom. The van der Waals surface area contributed by atoms with Gasteiger partial charge >= 0.3 is 0 Å². The molecule has 1 fully saturated rings. The fraction of sp³-hybridized carbons (Fsp3) is 0.417. The van der Waals surface area contributed by atoms with Crippen molar-refractivity contribution in [2.75, 3.05) is 6.54 Å². The van der Waals surface area contributed by atoms with Crippen LogP contribution in [0.2, 0.25) is 5.02 Å². The summed E-state index contributed by atoms with van der Waals surface area (Å²) in [7, 11) is 0. The number of aliphatic hydroxyl groups excluding tert-OH is 1. The van der Waals surface area contributed by atoms with Crippen LogP contribution in [0.3, 0.4) is 0 Å². The Hall–Kier alpha value is -1.66. The van der Waals surface area contributed by atoms with Gasteiger partial charge in [-0.2, -0.15) is 0 Å². The van der Waals surface area contributed by atoms with Gasteiger partial charge in [-0.25, -0.2) is 0 Å². The maximum Gasteiger partial charge on any atom is 0.283 e. The molecular weight excluding hydrogens is 272 g/mol. The van der Waals surface area contributed by atoms with Crippen LogP contribution in [0.4, 0.5) is 5.69 Å². The van der Waals surface area contributed by atoms with Crippen LogP contribution in [-0.4, -0.2) is 28.6 Å². The molecule has 0 heterocycles. The highest BCUT2D eigenvalue weighted by Gasteiger charge is 2.29. The molecule has 0 unspecified atom stereocenters. The molecule has 0 aliphatic heterocycles. The largest absolute Gasteiger partial charge is 0.393 e. The van der Waals surface area contributed by atoms with Crippen LogP contribution >= 0.6 is 11.6 Å². The van der Waals surface area contributed by atoms with E-state index in [4.69, 9.17) is 16.7 Å². The molecule has 0 spiro atoms. The number of nitrogens with zero attached hydrogens (tertiary/aromatic N) is 1. The molecule has 1 amide bonds. The van der Waals surface area contributed by atoms with Crippen LogP contribution in [0.1, 0.15) is 23.2 Å². The van der Waals surface area contributed by atoms with Crippen LogP contribution in [0, 0.1) is 16.0 Å². The first kappa shape index (κ1) is 13.8. The lowest BCUT2D eigenvalue weighted by Gasteiger charge is -2.31. The fourth-order valence-corrected chi connectivity index (χ4v) is 2.34. The number of hydrogen-bond donors (Lipinski definition) is 2. The normalized spacial score (nSPS) is 21.6. The Kier molecular flexibility index (Phi) is 4.01. The van der Waals surface area contributed by atoms with Crippen LogP contribution in [0.5, 0.6) is 0 Å². The summed E-state index contributed by atoms with van der Waals surface area (Å²) >= 11 is 5.85. The zero-order chi connectivity index (χ0) is 14.0. The second-order valence-corrected chi connectivity index (χ2v) is 5.00. The van der Waals surface area contributed by atoms with E-state index in [0.717, 1.165) is 0 Å². The number of nitro groups is 1. The lowest BCUT2D eigenvalue weighted by molar-refractivity contribution is -0.385. The number of hydrogen-bond acceptors (Lipinski definition) is 4. The van der Waals surface area contributed by atoms with Gasteiger partial charge in [-0.1, -0.05) is 17.7 Å². The summed E-state index contributed by atoms with van der Waals surface area (Å²) in [5, 5.41) is 22.7. The van der Waals surface area contributed by atoms with Crippen molar-refractivity contribution >= 4 is 23.2 Å². The Morgan fingerprint density at radius 2 is 2.21 bits per heavy atom. The molecule has 2 rings (SSSR count). The van der Waals surface area contributed by atoms with Crippen molar-refractivity contribution in [1.29, 1.82) is 0 Å². The number of carbonyl (C=O) groups excluding carboxylic acids is 1. The molecule has 0 atom stereocenters. The van der Waals surface area contributed by atoms with Crippen molar-refractivity contribution in [3.63, 3.8) is 0 Å². The van der Waals surface area contributed by atoms with Crippen LogP contribution in [-0.2, 0) is 0 Å². The number of nitro benzene ring substituents is 1. The van der Waals surface area contributed by atoms with Gasteiger partial charge in [-0.3, -0.25) is 14.9 Å². The van der Waals surface area contributed by atoms with E-state index in [1.54, 1.807) is 0 Å². The van der Waals surface area contributed by atoms with E-state index in [0.29, 0.717) is 19.4 Å². The first-order valence-electron chi connectivity index (χ1n) is 5.88. The molecular formula is C12H13ClN2O4. The predicted octanol–water partition coefficient (Wildman–Crippen LogP) is 1.75. The molecule has 1 aromatic carbocycles. The van der Waals surface area contributed by atoms with Crippen LogP contribution in [0.25, 0.3) is 0 Å². The lowest BCUT2D eigenvalue weighted by Crippen LogP contribution is -2.38. The van der Waals surface area contributed by atoms with E-state index < -0.39 is 10.8 Å². The van der Waals surface area contributed by atoms with E-state index in [1.807, 2.05) is 0 Å². The van der Waals surface area contributed by atoms with E-state index in [2.05, 4.69) is 5.32 Å². The average molecular weight is 285 g/mol. The van der Waals surface area contributed by atoms with Crippen molar-refractivity contribution < 1.29 is 14.8 Å². The minimum absolute atomic E-state index is 0.0559. The van der Waals surface area contributed by atoms with E-state index >= 15 is 0 Å². The number of benzene rings is 1. The van der Waals surface area contributed by atoms with E-state index in [1.165, 1.54) is 18.2 Å². The van der Waals surface area contributed by atoms with Gasteiger partial charge in [0.2, 0.25) is 0 Å². The number of nitrogens with one attached hydrogen (secondary N) is 1. The molecule has 0 aromatic heterocycles. The molecule has 6 nitrogen and oxygen atoms in total. The topological polar surface area (TPSA) is 92.5 Å². The molecule has 102 valence electrons. The Labute approximate surface area is 114 Å². The maximum absolute atomic E-state index is 12.0. The third-order valence-electron chi connectivity index (χ3n) is 3.18. The van der Waals surface area contributed by atoms with Crippen molar-refractivity contribution in [2.45, 2.75) is 18.9 Å². The van der Waals surface area contributed by atoms with E-state index in [9.17, 15) is 14.9 Å².